The van der Waals surface area contributed by atoms with Crippen molar-refractivity contribution < 1.29 is 18.0 Å². The predicted octanol–water partition coefficient (Wildman–Crippen LogP) is 5.87. The van der Waals surface area contributed by atoms with E-state index in [1.165, 1.54) is 17.0 Å². The van der Waals surface area contributed by atoms with Crippen LogP contribution in [0.3, 0.4) is 0 Å². The van der Waals surface area contributed by atoms with Crippen LogP contribution in [0, 0.1) is 0 Å². The maximum Gasteiger partial charge on any atom is 0.264 e. The first kappa shape index (κ1) is 31.8. The van der Waals surface area contributed by atoms with Crippen LogP contribution in [0.2, 0.25) is 5.02 Å². The molecule has 0 heterocycles. The third-order valence-electron chi connectivity index (χ3n) is 7.12. The van der Waals surface area contributed by atoms with Gasteiger partial charge >= 0.3 is 0 Å². The van der Waals surface area contributed by atoms with Crippen molar-refractivity contribution in [3.63, 3.8) is 0 Å². The lowest BCUT2D eigenvalue weighted by atomic mass is 10.0. The highest BCUT2D eigenvalue weighted by Gasteiger charge is 2.35. The van der Waals surface area contributed by atoms with Gasteiger partial charge in [0.1, 0.15) is 12.6 Å². The summed E-state index contributed by atoms with van der Waals surface area (Å²) in [7, 11) is -4.15. The topological polar surface area (TPSA) is 86.8 Å². The second-order valence-corrected chi connectivity index (χ2v) is 12.4. The lowest BCUT2D eigenvalue weighted by Crippen LogP contribution is -2.53. The van der Waals surface area contributed by atoms with E-state index in [0.29, 0.717) is 23.7 Å². The monoisotopic (exact) mass is 617 g/mol. The number of benzene rings is 4. The number of halogens is 1. The zero-order valence-electron chi connectivity index (χ0n) is 24.3. The maximum absolute atomic E-state index is 14.4. The zero-order chi connectivity index (χ0) is 30.8. The fourth-order valence-electron chi connectivity index (χ4n) is 4.96. The molecule has 224 valence electrons. The largest absolute Gasteiger partial charge is 0.355 e. The Hall–Kier alpha value is -4.14. The Labute approximate surface area is 259 Å². The van der Waals surface area contributed by atoms with Crippen molar-refractivity contribution in [1.82, 2.24) is 10.2 Å². The lowest BCUT2D eigenvalue weighted by Gasteiger charge is -2.34. The average molecular weight is 618 g/mol. The number of hydrogen-bond acceptors (Lipinski definition) is 4. The van der Waals surface area contributed by atoms with Gasteiger partial charge in [0.15, 0.2) is 0 Å². The third kappa shape index (κ3) is 8.03. The summed E-state index contributed by atoms with van der Waals surface area (Å²) in [5.74, 6) is -0.842. The molecule has 4 aromatic rings. The summed E-state index contributed by atoms with van der Waals surface area (Å²) in [6, 6.07) is 30.8. The molecule has 0 radical (unpaired) electrons. The number of rotatable bonds is 13. The van der Waals surface area contributed by atoms with E-state index >= 15 is 0 Å². The van der Waals surface area contributed by atoms with Gasteiger partial charge in [-0.3, -0.25) is 13.9 Å². The standard InChI is InChI=1S/C34H36ClN3O4S/c1-3-28-17-11-12-21-31(28)38(43(41,42)30-19-9-6-10-20-30)25-33(39)37(24-27-16-13-18-29(35)22-27)32(34(40)36-4-2)23-26-14-7-5-8-15-26/h5-22,32H,3-4,23-25H2,1-2H3,(H,36,40)/t32-/m1/s1. The first-order chi connectivity index (χ1) is 20.7. The normalized spacial score (nSPS) is 11.9. The third-order valence-corrected chi connectivity index (χ3v) is 9.12. The Balaban J connectivity index is 1.82. The molecule has 0 fully saturated rings. The summed E-state index contributed by atoms with van der Waals surface area (Å²) in [5.41, 5.74) is 2.78. The fourth-order valence-corrected chi connectivity index (χ4v) is 6.65. The van der Waals surface area contributed by atoms with Gasteiger partial charge < -0.3 is 10.2 Å². The molecule has 0 aliphatic rings. The van der Waals surface area contributed by atoms with Crippen LogP contribution in [0.25, 0.3) is 0 Å². The van der Waals surface area contributed by atoms with Crippen LogP contribution >= 0.6 is 11.6 Å². The molecule has 1 N–H and O–H groups in total. The molecule has 0 saturated heterocycles. The van der Waals surface area contributed by atoms with Gasteiger partial charge in [0, 0.05) is 24.5 Å². The van der Waals surface area contributed by atoms with Gasteiger partial charge in [-0.05, 0) is 60.4 Å². The number of amides is 2. The first-order valence-electron chi connectivity index (χ1n) is 14.3. The van der Waals surface area contributed by atoms with Crippen LogP contribution in [0.5, 0.6) is 0 Å². The number of likely N-dealkylation sites (N-methyl/N-ethyl adjacent to an activating group) is 1. The Kier molecular flexibility index (Phi) is 11.0. The van der Waals surface area contributed by atoms with Crippen LogP contribution in [-0.2, 0) is 39.0 Å². The van der Waals surface area contributed by atoms with Crippen molar-refractivity contribution in [2.75, 3.05) is 17.4 Å². The number of para-hydroxylation sites is 1. The highest BCUT2D eigenvalue weighted by Crippen LogP contribution is 2.28. The van der Waals surface area contributed by atoms with Crippen LogP contribution < -0.4 is 9.62 Å². The molecule has 2 amide bonds. The first-order valence-corrected chi connectivity index (χ1v) is 16.1. The summed E-state index contributed by atoms with van der Waals surface area (Å²) < 4.78 is 29.4. The quantitative estimate of drug-likeness (QED) is 0.203. The molecule has 0 unspecified atom stereocenters. The van der Waals surface area contributed by atoms with E-state index in [0.717, 1.165) is 21.0 Å². The van der Waals surface area contributed by atoms with E-state index in [-0.39, 0.29) is 23.8 Å². The van der Waals surface area contributed by atoms with E-state index in [4.69, 9.17) is 11.6 Å². The number of nitrogens with zero attached hydrogens (tertiary/aromatic N) is 2. The molecule has 4 rings (SSSR count). The zero-order valence-corrected chi connectivity index (χ0v) is 25.9. The van der Waals surface area contributed by atoms with Crippen molar-refractivity contribution in [3.05, 3.63) is 131 Å². The van der Waals surface area contributed by atoms with Gasteiger partial charge in [-0.2, -0.15) is 0 Å². The van der Waals surface area contributed by atoms with Crippen LogP contribution in [0.1, 0.15) is 30.5 Å². The number of sulfonamides is 1. The molecular weight excluding hydrogens is 582 g/mol. The lowest BCUT2D eigenvalue weighted by molar-refractivity contribution is -0.140. The van der Waals surface area contributed by atoms with Gasteiger partial charge in [-0.1, -0.05) is 97.4 Å². The number of hydrogen-bond donors (Lipinski definition) is 1. The second-order valence-electron chi connectivity index (χ2n) is 10.1. The molecule has 1 atom stereocenters. The van der Waals surface area contributed by atoms with Crippen LogP contribution in [0.15, 0.2) is 114 Å². The highest BCUT2D eigenvalue weighted by atomic mass is 35.5. The van der Waals surface area contributed by atoms with E-state index in [1.54, 1.807) is 48.5 Å². The number of aryl methyl sites for hydroxylation is 1. The van der Waals surface area contributed by atoms with E-state index < -0.39 is 28.5 Å². The summed E-state index contributed by atoms with van der Waals surface area (Å²) in [5, 5.41) is 3.36. The molecule has 0 aromatic heterocycles. The Morgan fingerprint density at radius 1 is 0.814 bits per heavy atom. The summed E-state index contributed by atoms with van der Waals surface area (Å²) in [6.45, 7) is 3.69. The van der Waals surface area contributed by atoms with Crippen molar-refractivity contribution in [2.45, 2.75) is 44.2 Å². The summed E-state index contributed by atoms with van der Waals surface area (Å²) in [6.07, 6.45) is 0.808. The minimum absolute atomic E-state index is 0.0582. The van der Waals surface area contributed by atoms with Crippen molar-refractivity contribution >= 4 is 39.1 Å². The van der Waals surface area contributed by atoms with E-state index in [1.807, 2.05) is 62.4 Å². The molecule has 4 aromatic carbocycles. The molecule has 0 saturated carbocycles. The smallest absolute Gasteiger partial charge is 0.264 e. The van der Waals surface area contributed by atoms with E-state index in [9.17, 15) is 18.0 Å². The van der Waals surface area contributed by atoms with Gasteiger partial charge in [0.25, 0.3) is 10.0 Å². The molecule has 0 spiro atoms. The Morgan fingerprint density at radius 2 is 1.44 bits per heavy atom. The minimum atomic E-state index is -4.15. The van der Waals surface area contributed by atoms with Crippen molar-refractivity contribution in [1.29, 1.82) is 0 Å². The summed E-state index contributed by atoms with van der Waals surface area (Å²) >= 11 is 6.28. The van der Waals surface area contributed by atoms with Crippen molar-refractivity contribution in [3.8, 4) is 0 Å². The number of carbonyl (C=O) groups is 2. The summed E-state index contributed by atoms with van der Waals surface area (Å²) in [4.78, 5) is 29.5. The Bertz CT molecular complexity index is 1630. The molecule has 9 heteroatoms. The van der Waals surface area contributed by atoms with Crippen molar-refractivity contribution in [2.24, 2.45) is 0 Å². The molecular formula is C34H36ClN3O4S. The van der Waals surface area contributed by atoms with E-state index in [2.05, 4.69) is 5.32 Å². The molecule has 0 bridgehead atoms. The number of anilines is 1. The van der Waals surface area contributed by atoms with Gasteiger partial charge in [0.2, 0.25) is 11.8 Å². The minimum Gasteiger partial charge on any atom is -0.355 e. The second kappa shape index (κ2) is 14.8. The van der Waals surface area contributed by atoms with Gasteiger partial charge in [-0.15, -0.1) is 0 Å². The maximum atomic E-state index is 14.4. The highest BCUT2D eigenvalue weighted by molar-refractivity contribution is 7.92. The SMILES string of the molecule is CCNC(=O)[C@@H](Cc1ccccc1)N(Cc1cccc(Cl)c1)C(=O)CN(c1ccccc1CC)S(=O)(=O)c1ccccc1. The molecule has 0 aliphatic carbocycles. The van der Waals surface area contributed by atoms with Crippen LogP contribution in [0.4, 0.5) is 5.69 Å². The van der Waals surface area contributed by atoms with Crippen LogP contribution in [-0.4, -0.2) is 44.3 Å². The van der Waals surface area contributed by atoms with Gasteiger partial charge in [0.05, 0.1) is 10.6 Å². The average Bonchev–Trinajstić information content (AvgIpc) is 3.02. The molecule has 0 aliphatic heterocycles. The fraction of sp³-hybridized carbons (Fsp3) is 0.235. The Morgan fingerprint density at radius 3 is 2.09 bits per heavy atom. The number of nitrogens with one attached hydrogen (secondary N) is 1. The predicted molar refractivity (Wildman–Crippen MR) is 171 cm³/mol. The molecule has 7 nitrogen and oxygen atoms in total. The number of carbonyl (C=O) groups excluding carboxylic acids is 2. The molecule has 43 heavy (non-hydrogen) atoms. The van der Waals surface area contributed by atoms with Gasteiger partial charge in [-0.25, -0.2) is 8.42 Å².